The lowest BCUT2D eigenvalue weighted by Crippen LogP contribution is -1.88. The van der Waals surface area contributed by atoms with E-state index >= 15 is 0 Å². The molecule has 0 radical (unpaired) electrons. The molecule has 0 saturated carbocycles. The summed E-state index contributed by atoms with van der Waals surface area (Å²) in [4.78, 5) is 5.41. The number of benzene rings is 1. The Labute approximate surface area is 98.4 Å². The third-order valence-electron chi connectivity index (χ3n) is 2.13. The summed E-state index contributed by atoms with van der Waals surface area (Å²) in [5.74, 6) is 1.42. The summed E-state index contributed by atoms with van der Waals surface area (Å²) in [6, 6.07) is 8.72. The van der Waals surface area contributed by atoms with Crippen LogP contribution >= 0.6 is 11.8 Å². The van der Waals surface area contributed by atoms with E-state index in [-0.39, 0.29) is 0 Å². The molecule has 5 heteroatoms. The zero-order chi connectivity index (χ0) is 11.4. The van der Waals surface area contributed by atoms with Gasteiger partial charge in [-0.1, -0.05) is 23.4 Å². The fourth-order valence-electron chi connectivity index (χ4n) is 1.27. The molecule has 0 spiro atoms. The quantitative estimate of drug-likeness (QED) is 0.826. The molecular weight excluding hydrogens is 222 g/mol. The van der Waals surface area contributed by atoms with Crippen molar-refractivity contribution in [2.45, 2.75) is 17.6 Å². The number of anilines is 1. The SMILES string of the molecule is CNc1nc(CSc2ccccc2C)no1. The minimum Gasteiger partial charge on any atom is -0.341 e. The van der Waals surface area contributed by atoms with Crippen molar-refractivity contribution in [2.75, 3.05) is 12.4 Å². The molecule has 4 nitrogen and oxygen atoms in total. The standard InChI is InChI=1S/C11H13N3OS/c1-8-5-3-4-6-9(8)16-7-10-13-11(12-2)15-14-10/h3-6H,7H2,1-2H3,(H,12,13,14). The van der Waals surface area contributed by atoms with E-state index < -0.39 is 0 Å². The molecule has 1 aromatic heterocycles. The fourth-order valence-corrected chi connectivity index (χ4v) is 2.15. The van der Waals surface area contributed by atoms with Gasteiger partial charge in [-0.05, 0) is 18.6 Å². The van der Waals surface area contributed by atoms with Crippen molar-refractivity contribution in [3.63, 3.8) is 0 Å². The first-order chi connectivity index (χ1) is 7.79. The molecule has 0 aliphatic heterocycles. The highest BCUT2D eigenvalue weighted by Crippen LogP contribution is 2.24. The van der Waals surface area contributed by atoms with Gasteiger partial charge in [0.1, 0.15) is 0 Å². The molecule has 1 N–H and O–H groups in total. The Hall–Kier alpha value is -1.49. The lowest BCUT2D eigenvalue weighted by Gasteiger charge is -2.01. The second kappa shape index (κ2) is 5.03. The number of aryl methyl sites for hydroxylation is 1. The predicted octanol–water partition coefficient (Wildman–Crippen LogP) is 2.71. The smallest absolute Gasteiger partial charge is 0.321 e. The lowest BCUT2D eigenvalue weighted by atomic mass is 10.2. The van der Waals surface area contributed by atoms with Crippen LogP contribution in [0.25, 0.3) is 0 Å². The topological polar surface area (TPSA) is 51.0 Å². The second-order valence-electron chi connectivity index (χ2n) is 3.32. The normalized spacial score (nSPS) is 10.4. The van der Waals surface area contributed by atoms with Crippen molar-refractivity contribution < 1.29 is 4.52 Å². The predicted molar refractivity (Wildman–Crippen MR) is 64.6 cm³/mol. The summed E-state index contributed by atoms with van der Waals surface area (Å²) < 4.78 is 4.95. The summed E-state index contributed by atoms with van der Waals surface area (Å²) in [6.45, 7) is 2.09. The summed E-state index contributed by atoms with van der Waals surface area (Å²) in [7, 11) is 1.76. The van der Waals surface area contributed by atoms with Gasteiger partial charge < -0.3 is 9.84 Å². The fraction of sp³-hybridized carbons (Fsp3) is 0.273. The first-order valence-electron chi connectivity index (χ1n) is 4.98. The van der Waals surface area contributed by atoms with Gasteiger partial charge in [-0.2, -0.15) is 4.98 Å². The van der Waals surface area contributed by atoms with Gasteiger partial charge in [-0.3, -0.25) is 0 Å². The second-order valence-corrected chi connectivity index (χ2v) is 4.34. The van der Waals surface area contributed by atoms with Gasteiger partial charge in [0.2, 0.25) is 0 Å². The number of nitrogens with one attached hydrogen (secondary N) is 1. The molecule has 0 atom stereocenters. The van der Waals surface area contributed by atoms with Crippen LogP contribution in [0.2, 0.25) is 0 Å². The van der Waals surface area contributed by atoms with Crippen LogP contribution in [-0.2, 0) is 5.75 Å². The van der Waals surface area contributed by atoms with Crippen molar-refractivity contribution in [1.29, 1.82) is 0 Å². The van der Waals surface area contributed by atoms with Crippen molar-refractivity contribution >= 4 is 17.8 Å². The molecule has 1 heterocycles. The number of thioether (sulfide) groups is 1. The van der Waals surface area contributed by atoms with E-state index in [1.165, 1.54) is 10.5 Å². The number of hydrogen-bond donors (Lipinski definition) is 1. The van der Waals surface area contributed by atoms with Gasteiger partial charge in [0.15, 0.2) is 5.82 Å². The van der Waals surface area contributed by atoms with Crippen LogP contribution in [0.1, 0.15) is 11.4 Å². The van der Waals surface area contributed by atoms with E-state index in [0.29, 0.717) is 11.8 Å². The average molecular weight is 235 g/mol. The minimum atomic E-state index is 0.459. The zero-order valence-electron chi connectivity index (χ0n) is 9.23. The Morgan fingerprint density at radius 1 is 1.38 bits per heavy atom. The molecule has 1 aromatic carbocycles. The Kier molecular flexibility index (Phi) is 3.46. The maximum atomic E-state index is 4.95. The van der Waals surface area contributed by atoms with Gasteiger partial charge in [-0.15, -0.1) is 11.8 Å². The van der Waals surface area contributed by atoms with Crippen LogP contribution in [-0.4, -0.2) is 17.2 Å². The van der Waals surface area contributed by atoms with Gasteiger partial charge >= 0.3 is 6.01 Å². The monoisotopic (exact) mass is 235 g/mol. The molecule has 2 rings (SSSR count). The van der Waals surface area contributed by atoms with Gasteiger partial charge in [0.25, 0.3) is 0 Å². The molecule has 2 aromatic rings. The minimum absolute atomic E-state index is 0.459. The number of aromatic nitrogens is 2. The molecule has 0 saturated heterocycles. The van der Waals surface area contributed by atoms with E-state index in [4.69, 9.17) is 4.52 Å². The molecule has 0 bridgehead atoms. The molecule has 16 heavy (non-hydrogen) atoms. The summed E-state index contributed by atoms with van der Waals surface area (Å²) in [5, 5.41) is 6.67. The maximum Gasteiger partial charge on any atom is 0.321 e. The van der Waals surface area contributed by atoms with Crippen molar-refractivity contribution in [3.8, 4) is 0 Å². The van der Waals surface area contributed by atoms with E-state index in [2.05, 4.69) is 34.5 Å². The van der Waals surface area contributed by atoms with E-state index in [9.17, 15) is 0 Å². The summed E-state index contributed by atoms with van der Waals surface area (Å²) in [6.07, 6.45) is 0. The van der Waals surface area contributed by atoms with Gasteiger partial charge in [0.05, 0.1) is 5.75 Å². The third-order valence-corrected chi connectivity index (χ3v) is 3.30. The highest BCUT2D eigenvalue weighted by molar-refractivity contribution is 7.98. The van der Waals surface area contributed by atoms with Gasteiger partial charge in [0, 0.05) is 11.9 Å². The Balaban J connectivity index is 1.99. The first kappa shape index (κ1) is 11.0. The summed E-state index contributed by atoms with van der Waals surface area (Å²) >= 11 is 1.71. The highest BCUT2D eigenvalue weighted by Gasteiger charge is 2.05. The van der Waals surface area contributed by atoms with Crippen molar-refractivity contribution in [2.24, 2.45) is 0 Å². The Morgan fingerprint density at radius 2 is 2.19 bits per heavy atom. The molecule has 0 unspecified atom stereocenters. The average Bonchev–Trinajstić information content (AvgIpc) is 2.76. The zero-order valence-corrected chi connectivity index (χ0v) is 10.0. The lowest BCUT2D eigenvalue weighted by molar-refractivity contribution is 0.427. The van der Waals surface area contributed by atoms with Crippen LogP contribution in [0.5, 0.6) is 0 Å². The molecule has 0 aliphatic carbocycles. The maximum absolute atomic E-state index is 4.95. The Bertz CT molecular complexity index is 470. The van der Waals surface area contributed by atoms with Crippen LogP contribution in [0, 0.1) is 6.92 Å². The first-order valence-corrected chi connectivity index (χ1v) is 5.97. The van der Waals surface area contributed by atoms with E-state index in [1.807, 2.05) is 12.1 Å². The van der Waals surface area contributed by atoms with Crippen LogP contribution in [0.4, 0.5) is 6.01 Å². The molecular formula is C11H13N3OS. The largest absolute Gasteiger partial charge is 0.341 e. The van der Waals surface area contributed by atoms with Crippen LogP contribution < -0.4 is 5.32 Å². The number of hydrogen-bond acceptors (Lipinski definition) is 5. The molecule has 0 fully saturated rings. The summed E-state index contributed by atoms with van der Waals surface area (Å²) in [5.41, 5.74) is 1.27. The van der Waals surface area contributed by atoms with Crippen molar-refractivity contribution in [1.82, 2.24) is 10.1 Å². The van der Waals surface area contributed by atoms with Gasteiger partial charge in [-0.25, -0.2) is 0 Å². The van der Waals surface area contributed by atoms with E-state index in [1.54, 1.807) is 18.8 Å². The molecule has 0 amide bonds. The van der Waals surface area contributed by atoms with Crippen LogP contribution in [0.15, 0.2) is 33.7 Å². The number of nitrogens with zero attached hydrogens (tertiary/aromatic N) is 2. The molecule has 0 aliphatic rings. The van der Waals surface area contributed by atoms with Crippen molar-refractivity contribution in [3.05, 3.63) is 35.7 Å². The number of rotatable bonds is 4. The molecule has 84 valence electrons. The van der Waals surface area contributed by atoms with Crippen LogP contribution in [0.3, 0.4) is 0 Å². The highest BCUT2D eigenvalue weighted by atomic mass is 32.2. The Morgan fingerprint density at radius 3 is 2.88 bits per heavy atom. The van der Waals surface area contributed by atoms with E-state index in [0.717, 1.165) is 5.75 Å². The third kappa shape index (κ3) is 2.55.